The Morgan fingerprint density at radius 3 is 2.33 bits per heavy atom. The molecule has 43 heavy (non-hydrogen) atoms. The Hall–Kier alpha value is -4.85. The molecule has 2 aliphatic rings. The van der Waals surface area contributed by atoms with Gasteiger partial charge >= 0.3 is 5.97 Å². The predicted molar refractivity (Wildman–Crippen MR) is 160 cm³/mol. The minimum absolute atomic E-state index is 0.00813. The van der Waals surface area contributed by atoms with Crippen molar-refractivity contribution >= 4 is 27.6 Å². The van der Waals surface area contributed by atoms with Crippen molar-refractivity contribution in [1.29, 1.82) is 0 Å². The van der Waals surface area contributed by atoms with Crippen LogP contribution in [0.2, 0.25) is 0 Å². The van der Waals surface area contributed by atoms with E-state index in [1.54, 1.807) is 23.1 Å². The summed E-state index contributed by atoms with van der Waals surface area (Å²) in [5.41, 5.74) is 8.64. The number of likely N-dealkylation sites (tertiary alicyclic amines) is 1. The lowest BCUT2D eigenvalue weighted by Crippen LogP contribution is -2.47. The molecule has 6 rings (SSSR count). The molecule has 2 aliphatic heterocycles. The number of aromatic carboxylic acids is 1. The molecule has 0 bridgehead atoms. The number of carboxylic acid groups (broad SMARTS) is 1. The molecule has 0 unspecified atom stereocenters. The minimum atomic E-state index is -3.98. The SMILES string of the molecule is NCc1ccc2c(c1)C1(CCN(C(=O)c3ccc(C#Cc4ccccc4)o3)CC1)CN2S(=O)(=O)c1ccc(C(=O)O)cc1. The van der Waals surface area contributed by atoms with E-state index in [1.807, 2.05) is 42.5 Å². The van der Waals surface area contributed by atoms with Gasteiger partial charge in [-0.05, 0) is 84.5 Å². The molecule has 0 radical (unpaired) electrons. The Labute approximate surface area is 249 Å². The number of nitrogens with zero attached hydrogens (tertiary/aromatic N) is 2. The second kappa shape index (κ2) is 11.1. The summed E-state index contributed by atoms with van der Waals surface area (Å²) in [4.78, 5) is 26.4. The van der Waals surface area contributed by atoms with Gasteiger partial charge < -0.3 is 20.2 Å². The van der Waals surface area contributed by atoms with Crippen LogP contribution >= 0.6 is 0 Å². The summed E-state index contributed by atoms with van der Waals surface area (Å²) in [5.74, 6) is 5.22. The molecule has 9 nitrogen and oxygen atoms in total. The summed E-state index contributed by atoms with van der Waals surface area (Å²) in [6, 6.07) is 23.6. The van der Waals surface area contributed by atoms with Gasteiger partial charge in [-0.25, -0.2) is 13.2 Å². The lowest BCUT2D eigenvalue weighted by atomic mass is 9.74. The Morgan fingerprint density at radius 1 is 0.930 bits per heavy atom. The third kappa shape index (κ3) is 5.29. The monoisotopic (exact) mass is 595 g/mol. The molecule has 3 heterocycles. The van der Waals surface area contributed by atoms with Gasteiger partial charge in [0.2, 0.25) is 0 Å². The first-order valence-electron chi connectivity index (χ1n) is 13.9. The largest absolute Gasteiger partial charge is 0.478 e. The zero-order valence-corrected chi connectivity index (χ0v) is 24.0. The topological polar surface area (TPSA) is 134 Å². The summed E-state index contributed by atoms with van der Waals surface area (Å²) >= 11 is 0. The molecule has 3 N–H and O–H groups in total. The molecule has 1 aromatic heterocycles. The summed E-state index contributed by atoms with van der Waals surface area (Å²) in [6.45, 7) is 1.35. The first kappa shape index (κ1) is 28.3. The number of sulfonamides is 1. The molecule has 1 fully saturated rings. The number of amides is 1. The molecular formula is C33H29N3O6S. The number of nitrogens with two attached hydrogens (primary N) is 1. The van der Waals surface area contributed by atoms with Crippen LogP contribution in [0.5, 0.6) is 0 Å². The molecule has 1 saturated heterocycles. The van der Waals surface area contributed by atoms with Crippen LogP contribution in [0.15, 0.2) is 94.2 Å². The number of carbonyl (C=O) groups is 2. The van der Waals surface area contributed by atoms with Gasteiger partial charge in [-0.15, -0.1) is 0 Å². The first-order chi connectivity index (χ1) is 20.7. The van der Waals surface area contributed by atoms with Gasteiger partial charge in [0.1, 0.15) is 0 Å². The fourth-order valence-electron chi connectivity index (χ4n) is 5.81. The maximum absolute atomic E-state index is 13.8. The van der Waals surface area contributed by atoms with Crippen LogP contribution in [-0.4, -0.2) is 49.9 Å². The number of hydrogen-bond acceptors (Lipinski definition) is 6. The quantitative estimate of drug-likeness (QED) is 0.330. The number of carboxylic acids is 1. The van der Waals surface area contributed by atoms with E-state index >= 15 is 0 Å². The van der Waals surface area contributed by atoms with Crippen LogP contribution in [0.1, 0.15) is 56.2 Å². The number of rotatable bonds is 5. The number of furan rings is 1. The summed E-state index contributed by atoms with van der Waals surface area (Å²) < 4.78 is 34.8. The van der Waals surface area contributed by atoms with Crippen molar-refractivity contribution in [2.45, 2.75) is 29.7 Å². The summed E-state index contributed by atoms with van der Waals surface area (Å²) in [5, 5.41) is 9.23. The second-order valence-electron chi connectivity index (χ2n) is 10.7. The number of fused-ring (bicyclic) bond motifs is 2. The molecule has 4 aromatic rings. The van der Waals surface area contributed by atoms with E-state index in [0.717, 1.165) is 16.7 Å². The Morgan fingerprint density at radius 2 is 1.65 bits per heavy atom. The zero-order chi connectivity index (χ0) is 30.2. The number of carbonyl (C=O) groups excluding carboxylic acids is 1. The Kier molecular flexibility index (Phi) is 7.30. The normalized spacial score (nSPS) is 15.6. The fourth-order valence-corrected chi connectivity index (χ4v) is 7.37. The average molecular weight is 596 g/mol. The van der Waals surface area contributed by atoms with E-state index in [1.165, 1.54) is 28.6 Å². The van der Waals surface area contributed by atoms with Gasteiger partial charge in [0.05, 0.1) is 16.1 Å². The third-order valence-corrected chi connectivity index (χ3v) is 9.97. The van der Waals surface area contributed by atoms with Gasteiger partial charge in [-0.2, -0.15) is 0 Å². The molecule has 0 aliphatic carbocycles. The molecule has 3 aromatic carbocycles. The molecular weight excluding hydrogens is 566 g/mol. The van der Waals surface area contributed by atoms with Crippen molar-refractivity contribution in [3.05, 3.63) is 119 Å². The molecule has 10 heteroatoms. The summed E-state index contributed by atoms with van der Waals surface area (Å²) in [6.07, 6.45) is 1.09. The van der Waals surface area contributed by atoms with E-state index in [0.29, 0.717) is 43.9 Å². The predicted octanol–water partition coefficient (Wildman–Crippen LogP) is 4.22. The molecule has 0 saturated carbocycles. The number of benzene rings is 3. The van der Waals surface area contributed by atoms with E-state index in [4.69, 9.17) is 10.2 Å². The molecule has 1 amide bonds. The third-order valence-electron chi connectivity index (χ3n) is 8.20. The number of piperidine rings is 1. The van der Waals surface area contributed by atoms with Crippen molar-refractivity contribution < 1.29 is 27.5 Å². The van der Waals surface area contributed by atoms with Crippen molar-refractivity contribution in [2.24, 2.45) is 5.73 Å². The van der Waals surface area contributed by atoms with Crippen LogP contribution in [0, 0.1) is 11.8 Å². The Balaban J connectivity index is 1.22. The van der Waals surface area contributed by atoms with E-state index in [2.05, 4.69) is 11.8 Å². The highest BCUT2D eigenvalue weighted by atomic mass is 32.2. The van der Waals surface area contributed by atoms with Crippen LogP contribution in [0.3, 0.4) is 0 Å². The summed E-state index contributed by atoms with van der Waals surface area (Å²) in [7, 11) is -3.98. The average Bonchev–Trinajstić information content (AvgIpc) is 3.64. The highest BCUT2D eigenvalue weighted by Gasteiger charge is 2.49. The highest BCUT2D eigenvalue weighted by molar-refractivity contribution is 7.92. The van der Waals surface area contributed by atoms with E-state index < -0.39 is 21.4 Å². The van der Waals surface area contributed by atoms with Crippen molar-refractivity contribution in [1.82, 2.24) is 4.90 Å². The second-order valence-corrected chi connectivity index (χ2v) is 12.6. The fraction of sp³-hybridized carbons (Fsp3) is 0.212. The van der Waals surface area contributed by atoms with Gasteiger partial charge in [-0.1, -0.05) is 36.3 Å². The molecule has 0 atom stereocenters. The lowest BCUT2D eigenvalue weighted by Gasteiger charge is -2.39. The molecule has 218 valence electrons. The Bertz CT molecular complexity index is 1860. The number of hydrogen-bond donors (Lipinski definition) is 2. The van der Waals surface area contributed by atoms with Gasteiger partial charge in [0.15, 0.2) is 11.5 Å². The highest BCUT2D eigenvalue weighted by Crippen LogP contribution is 2.49. The van der Waals surface area contributed by atoms with Gasteiger partial charge in [-0.3, -0.25) is 9.10 Å². The molecule has 1 spiro atoms. The van der Waals surface area contributed by atoms with Crippen molar-refractivity contribution in [3.63, 3.8) is 0 Å². The maximum Gasteiger partial charge on any atom is 0.335 e. The van der Waals surface area contributed by atoms with Crippen molar-refractivity contribution in [3.8, 4) is 11.8 Å². The minimum Gasteiger partial charge on any atom is -0.478 e. The van der Waals surface area contributed by atoms with Crippen molar-refractivity contribution in [2.75, 3.05) is 23.9 Å². The zero-order valence-electron chi connectivity index (χ0n) is 23.2. The van der Waals surface area contributed by atoms with Crippen LogP contribution in [0.4, 0.5) is 5.69 Å². The smallest absolute Gasteiger partial charge is 0.335 e. The van der Waals surface area contributed by atoms with Gasteiger partial charge in [0, 0.05) is 37.2 Å². The van der Waals surface area contributed by atoms with Crippen LogP contribution in [-0.2, 0) is 22.0 Å². The van der Waals surface area contributed by atoms with Gasteiger partial charge in [0.25, 0.3) is 15.9 Å². The van der Waals surface area contributed by atoms with Crippen LogP contribution < -0.4 is 10.0 Å². The van der Waals surface area contributed by atoms with E-state index in [9.17, 15) is 23.1 Å². The van der Waals surface area contributed by atoms with E-state index in [-0.39, 0.29) is 28.7 Å². The lowest BCUT2D eigenvalue weighted by molar-refractivity contribution is 0.0641. The first-order valence-corrected chi connectivity index (χ1v) is 15.3. The van der Waals surface area contributed by atoms with Crippen LogP contribution in [0.25, 0.3) is 0 Å². The maximum atomic E-state index is 13.8. The number of anilines is 1. The standard InChI is InChI=1S/C33H29N3O6S/c34-21-24-7-14-29-28(20-24)33(22-36(29)43(40,41)27-12-8-25(9-13-27)32(38)39)16-18-35(19-17-33)31(37)30-15-11-26(42-30)10-6-23-4-2-1-3-5-23/h1-5,7-9,11-15,20H,16-19,21-22,34H2,(H,38,39).